The first-order valence-electron chi connectivity index (χ1n) is 9.85. The molecular formula is C19H36O8. The predicted octanol–water partition coefficient (Wildman–Crippen LogP) is -0.623. The number of rotatable bonds is 7. The van der Waals surface area contributed by atoms with Gasteiger partial charge in [0.2, 0.25) is 0 Å². The molecule has 160 valence electrons. The Balaban J connectivity index is 2.03. The van der Waals surface area contributed by atoms with Crippen LogP contribution in [0.15, 0.2) is 0 Å². The lowest BCUT2D eigenvalue weighted by molar-refractivity contribution is -0.305. The molecule has 27 heavy (non-hydrogen) atoms. The van der Waals surface area contributed by atoms with Crippen LogP contribution in [0, 0.1) is 17.3 Å². The maximum atomic E-state index is 10.3. The molecule has 9 atom stereocenters. The van der Waals surface area contributed by atoms with Gasteiger partial charge in [0.15, 0.2) is 6.29 Å². The average Bonchev–Trinajstić information content (AvgIpc) is 2.57. The van der Waals surface area contributed by atoms with Crippen LogP contribution in [-0.4, -0.2) is 86.8 Å². The second-order valence-electron chi connectivity index (χ2n) is 8.91. The first-order chi connectivity index (χ1) is 12.6. The molecule has 6 N–H and O–H groups in total. The van der Waals surface area contributed by atoms with E-state index in [1.165, 1.54) is 0 Å². The molecule has 0 bridgehead atoms. The van der Waals surface area contributed by atoms with Crippen molar-refractivity contribution in [3.8, 4) is 0 Å². The average molecular weight is 392 g/mol. The molecule has 0 amide bonds. The van der Waals surface area contributed by atoms with Crippen molar-refractivity contribution in [2.24, 2.45) is 17.3 Å². The normalized spacial score (nSPS) is 43.4. The van der Waals surface area contributed by atoms with E-state index < -0.39 is 49.5 Å². The van der Waals surface area contributed by atoms with E-state index in [9.17, 15) is 30.6 Å². The van der Waals surface area contributed by atoms with Crippen LogP contribution in [0.5, 0.6) is 0 Å². The molecule has 2 rings (SSSR count). The molecule has 8 heteroatoms. The summed E-state index contributed by atoms with van der Waals surface area (Å²) in [6.07, 6.45) is -4.68. The lowest BCUT2D eigenvalue weighted by Crippen LogP contribution is -2.59. The maximum absolute atomic E-state index is 10.3. The minimum Gasteiger partial charge on any atom is -0.394 e. The van der Waals surface area contributed by atoms with Gasteiger partial charge in [0, 0.05) is 0 Å². The molecule has 0 aromatic heterocycles. The lowest BCUT2D eigenvalue weighted by atomic mass is 9.61. The van der Waals surface area contributed by atoms with Crippen molar-refractivity contribution in [2.75, 3.05) is 13.2 Å². The quantitative estimate of drug-likeness (QED) is 0.337. The zero-order valence-electron chi connectivity index (χ0n) is 16.4. The molecule has 0 unspecified atom stereocenters. The third-order valence-electron chi connectivity index (χ3n) is 6.13. The topological polar surface area (TPSA) is 140 Å². The highest BCUT2D eigenvalue weighted by Gasteiger charge is 2.46. The summed E-state index contributed by atoms with van der Waals surface area (Å²) >= 11 is 0. The summed E-state index contributed by atoms with van der Waals surface area (Å²) in [6, 6.07) is 0. The first kappa shape index (κ1) is 23.0. The molecule has 0 radical (unpaired) electrons. The van der Waals surface area contributed by atoms with Crippen molar-refractivity contribution >= 4 is 0 Å². The Morgan fingerprint density at radius 2 is 1.78 bits per heavy atom. The van der Waals surface area contributed by atoms with Gasteiger partial charge in [-0.05, 0) is 49.9 Å². The molecular weight excluding hydrogens is 356 g/mol. The van der Waals surface area contributed by atoms with E-state index in [1.54, 1.807) is 6.92 Å². The number of aliphatic hydroxyl groups is 6. The van der Waals surface area contributed by atoms with Gasteiger partial charge >= 0.3 is 0 Å². The van der Waals surface area contributed by atoms with Gasteiger partial charge in [-0.25, -0.2) is 0 Å². The van der Waals surface area contributed by atoms with Crippen LogP contribution in [0.3, 0.4) is 0 Å². The summed E-state index contributed by atoms with van der Waals surface area (Å²) in [5.74, 6) is 0.204. The van der Waals surface area contributed by atoms with Gasteiger partial charge in [0.25, 0.3) is 0 Å². The molecule has 1 saturated heterocycles. The van der Waals surface area contributed by atoms with Gasteiger partial charge < -0.3 is 40.1 Å². The zero-order chi connectivity index (χ0) is 20.4. The van der Waals surface area contributed by atoms with Crippen LogP contribution in [0.2, 0.25) is 0 Å². The minimum absolute atomic E-state index is 0.00475. The fourth-order valence-corrected chi connectivity index (χ4v) is 4.65. The number of hydrogen-bond donors (Lipinski definition) is 6. The van der Waals surface area contributed by atoms with Crippen molar-refractivity contribution < 1.29 is 40.1 Å². The Morgan fingerprint density at radius 3 is 2.37 bits per heavy atom. The van der Waals surface area contributed by atoms with Crippen molar-refractivity contribution in [1.82, 2.24) is 0 Å². The van der Waals surface area contributed by atoms with Gasteiger partial charge in [-0.2, -0.15) is 0 Å². The van der Waals surface area contributed by atoms with E-state index in [2.05, 4.69) is 13.8 Å². The first-order valence-corrected chi connectivity index (χ1v) is 9.85. The number of hydrogen-bond acceptors (Lipinski definition) is 8. The zero-order valence-corrected chi connectivity index (χ0v) is 16.4. The molecule has 1 heterocycles. The third kappa shape index (κ3) is 5.61. The Labute approximate surface area is 160 Å². The SMILES string of the molecule is C[C@H](O)CC[C@H]1[C@@H](CO[C@@H]2O[C@H](CO)[C@@H](O)[C@H](O)[C@H]2O)C[C@@H](O)CC1(C)C. The van der Waals surface area contributed by atoms with Crippen molar-refractivity contribution in [2.45, 2.75) is 89.4 Å². The molecule has 2 aliphatic rings. The minimum atomic E-state index is -1.47. The second-order valence-corrected chi connectivity index (χ2v) is 8.91. The van der Waals surface area contributed by atoms with Crippen molar-refractivity contribution in [3.63, 3.8) is 0 Å². The lowest BCUT2D eigenvalue weighted by Gasteiger charge is -2.47. The number of aliphatic hydroxyl groups excluding tert-OH is 6. The summed E-state index contributed by atoms with van der Waals surface area (Å²) < 4.78 is 11.1. The molecule has 2 fully saturated rings. The molecule has 0 spiro atoms. The van der Waals surface area contributed by atoms with Gasteiger partial charge in [-0.15, -0.1) is 0 Å². The smallest absolute Gasteiger partial charge is 0.186 e. The Morgan fingerprint density at radius 1 is 1.11 bits per heavy atom. The summed E-state index contributed by atoms with van der Waals surface area (Å²) in [7, 11) is 0. The fourth-order valence-electron chi connectivity index (χ4n) is 4.65. The Kier molecular flexibility index (Phi) is 8.04. The largest absolute Gasteiger partial charge is 0.394 e. The van der Waals surface area contributed by atoms with Crippen LogP contribution in [0.25, 0.3) is 0 Å². The third-order valence-corrected chi connectivity index (χ3v) is 6.13. The molecule has 8 nitrogen and oxygen atoms in total. The summed E-state index contributed by atoms with van der Waals surface area (Å²) in [5, 5.41) is 59.1. The van der Waals surface area contributed by atoms with Crippen molar-refractivity contribution in [3.05, 3.63) is 0 Å². The molecule has 1 aliphatic carbocycles. The van der Waals surface area contributed by atoms with Crippen LogP contribution in [-0.2, 0) is 9.47 Å². The highest BCUT2D eigenvalue weighted by Crippen LogP contribution is 2.47. The van der Waals surface area contributed by atoms with E-state index in [0.29, 0.717) is 19.3 Å². The highest BCUT2D eigenvalue weighted by molar-refractivity contribution is 4.93. The monoisotopic (exact) mass is 392 g/mol. The Bertz CT molecular complexity index is 455. The van der Waals surface area contributed by atoms with E-state index in [4.69, 9.17) is 9.47 Å². The van der Waals surface area contributed by atoms with Gasteiger partial charge in [-0.3, -0.25) is 0 Å². The maximum Gasteiger partial charge on any atom is 0.186 e. The molecule has 0 aromatic carbocycles. The standard InChI is InChI=1S/C19H36O8/c1-10(21)4-5-13-11(6-12(22)7-19(13,2)3)9-26-18-17(25)16(24)15(23)14(8-20)27-18/h10-18,20-25H,4-9H2,1-3H3/t10-,11+,12+,13-,14+,15+,16-,17+,18+/m0/s1. The van der Waals surface area contributed by atoms with E-state index in [1.807, 2.05) is 0 Å². The van der Waals surface area contributed by atoms with E-state index in [0.717, 1.165) is 6.42 Å². The molecule has 1 saturated carbocycles. The fraction of sp³-hybridized carbons (Fsp3) is 1.00. The highest BCUT2D eigenvalue weighted by atomic mass is 16.7. The predicted molar refractivity (Wildman–Crippen MR) is 96.6 cm³/mol. The van der Waals surface area contributed by atoms with Gasteiger partial charge in [0.1, 0.15) is 24.4 Å². The Hall–Kier alpha value is -0.320. The molecule has 1 aliphatic heterocycles. The summed E-state index contributed by atoms with van der Waals surface area (Å²) in [4.78, 5) is 0. The second kappa shape index (κ2) is 9.45. The summed E-state index contributed by atoms with van der Waals surface area (Å²) in [5.41, 5.74) is -0.129. The summed E-state index contributed by atoms with van der Waals surface area (Å²) in [6.45, 7) is 5.65. The van der Waals surface area contributed by atoms with Crippen molar-refractivity contribution in [1.29, 1.82) is 0 Å². The molecule has 0 aromatic rings. The van der Waals surface area contributed by atoms with Gasteiger partial charge in [0.05, 0.1) is 25.4 Å². The van der Waals surface area contributed by atoms with Gasteiger partial charge in [-0.1, -0.05) is 13.8 Å². The number of ether oxygens (including phenoxy) is 2. The van der Waals surface area contributed by atoms with E-state index in [-0.39, 0.29) is 23.9 Å². The van der Waals surface area contributed by atoms with Crippen LogP contribution in [0.1, 0.15) is 46.5 Å². The van der Waals surface area contributed by atoms with Crippen LogP contribution < -0.4 is 0 Å². The van der Waals surface area contributed by atoms with E-state index >= 15 is 0 Å². The van der Waals surface area contributed by atoms with Crippen LogP contribution >= 0.6 is 0 Å². The van der Waals surface area contributed by atoms with Crippen LogP contribution in [0.4, 0.5) is 0 Å².